The molecule has 1 aliphatic rings. The van der Waals surface area contributed by atoms with Crippen LogP contribution in [-0.4, -0.2) is 16.8 Å². The number of benzene rings is 1. The maximum Gasteiger partial charge on any atom is 0.284 e. The molecular formula is C16H15N3O2. The van der Waals surface area contributed by atoms with Crippen molar-refractivity contribution < 1.29 is 9.59 Å². The monoisotopic (exact) mass is 281 g/mol. The smallest absolute Gasteiger partial charge is 0.284 e. The van der Waals surface area contributed by atoms with Crippen LogP contribution in [0.15, 0.2) is 30.5 Å². The van der Waals surface area contributed by atoms with E-state index in [1.807, 2.05) is 19.9 Å². The van der Waals surface area contributed by atoms with Gasteiger partial charge in [-0.3, -0.25) is 9.59 Å². The Bertz CT molecular complexity index is 768. The molecule has 2 N–H and O–H groups in total. The highest BCUT2D eigenvalue weighted by atomic mass is 16.2. The predicted molar refractivity (Wildman–Crippen MR) is 80.3 cm³/mol. The molecule has 0 aliphatic carbocycles. The second kappa shape index (κ2) is 4.70. The first-order chi connectivity index (χ1) is 10.0. The minimum atomic E-state index is -0.423. The van der Waals surface area contributed by atoms with Gasteiger partial charge in [-0.25, -0.2) is 9.88 Å². The van der Waals surface area contributed by atoms with E-state index in [1.165, 1.54) is 0 Å². The van der Waals surface area contributed by atoms with Gasteiger partial charge in [0, 0.05) is 6.20 Å². The maximum absolute atomic E-state index is 12.5. The molecular weight excluding hydrogens is 266 g/mol. The van der Waals surface area contributed by atoms with Gasteiger partial charge in [0.05, 0.1) is 16.9 Å². The Morgan fingerprint density at radius 2 is 1.95 bits per heavy atom. The zero-order valence-corrected chi connectivity index (χ0v) is 11.9. The second-order valence-corrected chi connectivity index (χ2v) is 5.10. The average Bonchev–Trinajstić information content (AvgIpc) is 2.71. The number of nitrogen functional groups attached to an aromatic ring is 1. The SMILES string of the molecule is CCc1cnc2c(c1)C(=O)N(c1ccc(C)cc1N)C2=O. The highest BCUT2D eigenvalue weighted by Gasteiger charge is 2.38. The van der Waals surface area contributed by atoms with Crippen molar-refractivity contribution in [3.8, 4) is 0 Å². The van der Waals surface area contributed by atoms with Crippen molar-refractivity contribution in [3.05, 3.63) is 52.8 Å². The van der Waals surface area contributed by atoms with E-state index in [2.05, 4.69) is 4.98 Å². The standard InChI is InChI=1S/C16H15N3O2/c1-3-10-7-11-14(18-8-10)16(21)19(15(11)20)13-5-4-9(2)6-12(13)17/h4-8H,3,17H2,1-2H3. The molecule has 0 saturated carbocycles. The van der Waals surface area contributed by atoms with Crippen LogP contribution in [-0.2, 0) is 6.42 Å². The number of imide groups is 1. The summed E-state index contributed by atoms with van der Waals surface area (Å²) in [5.41, 5.74) is 9.20. The van der Waals surface area contributed by atoms with Crippen LogP contribution in [0.1, 0.15) is 38.9 Å². The van der Waals surface area contributed by atoms with Crippen LogP contribution in [0, 0.1) is 6.92 Å². The molecule has 0 bridgehead atoms. The van der Waals surface area contributed by atoms with Gasteiger partial charge in [-0.15, -0.1) is 0 Å². The molecule has 5 heteroatoms. The average molecular weight is 281 g/mol. The third-order valence-electron chi connectivity index (χ3n) is 3.62. The fraction of sp³-hybridized carbons (Fsp3) is 0.188. The first-order valence-corrected chi connectivity index (χ1v) is 6.76. The first kappa shape index (κ1) is 13.3. The molecule has 3 rings (SSSR count). The number of hydrogen-bond acceptors (Lipinski definition) is 4. The van der Waals surface area contributed by atoms with Crippen LogP contribution in [0.25, 0.3) is 0 Å². The minimum absolute atomic E-state index is 0.192. The van der Waals surface area contributed by atoms with Crippen molar-refractivity contribution >= 4 is 23.2 Å². The molecule has 0 radical (unpaired) electrons. The van der Waals surface area contributed by atoms with Crippen molar-refractivity contribution in [1.82, 2.24) is 4.98 Å². The van der Waals surface area contributed by atoms with Gasteiger partial charge < -0.3 is 5.73 Å². The lowest BCUT2D eigenvalue weighted by Gasteiger charge is -2.16. The number of anilines is 2. The summed E-state index contributed by atoms with van der Waals surface area (Å²) in [4.78, 5) is 30.2. The van der Waals surface area contributed by atoms with Crippen molar-refractivity contribution in [1.29, 1.82) is 0 Å². The van der Waals surface area contributed by atoms with Crippen LogP contribution in [0.5, 0.6) is 0 Å². The Labute approximate surface area is 122 Å². The second-order valence-electron chi connectivity index (χ2n) is 5.10. The third-order valence-corrected chi connectivity index (χ3v) is 3.62. The number of pyridine rings is 1. The zero-order chi connectivity index (χ0) is 15.1. The van der Waals surface area contributed by atoms with E-state index >= 15 is 0 Å². The number of nitrogens with two attached hydrogens (primary N) is 1. The molecule has 1 aromatic heterocycles. The molecule has 0 unspecified atom stereocenters. The third kappa shape index (κ3) is 1.98. The van der Waals surface area contributed by atoms with Crippen LogP contribution >= 0.6 is 0 Å². The molecule has 0 fully saturated rings. The van der Waals surface area contributed by atoms with E-state index in [0.717, 1.165) is 22.4 Å². The van der Waals surface area contributed by atoms with Crippen LogP contribution < -0.4 is 10.6 Å². The van der Waals surface area contributed by atoms with Crippen molar-refractivity contribution in [2.45, 2.75) is 20.3 Å². The van der Waals surface area contributed by atoms with E-state index in [4.69, 9.17) is 5.73 Å². The molecule has 1 aliphatic heterocycles. The quantitative estimate of drug-likeness (QED) is 0.677. The number of fused-ring (bicyclic) bond motifs is 1. The predicted octanol–water partition coefficient (Wildman–Crippen LogP) is 2.34. The number of rotatable bonds is 2. The van der Waals surface area contributed by atoms with E-state index < -0.39 is 5.91 Å². The van der Waals surface area contributed by atoms with Gasteiger partial charge in [0.25, 0.3) is 11.8 Å². The van der Waals surface area contributed by atoms with Gasteiger partial charge in [-0.1, -0.05) is 13.0 Å². The summed E-state index contributed by atoms with van der Waals surface area (Å²) >= 11 is 0. The van der Waals surface area contributed by atoms with Gasteiger partial charge in [-0.05, 0) is 42.7 Å². The summed E-state index contributed by atoms with van der Waals surface area (Å²) in [6, 6.07) is 6.98. The summed E-state index contributed by atoms with van der Waals surface area (Å²) in [5, 5.41) is 0. The fourth-order valence-corrected chi connectivity index (χ4v) is 2.45. The first-order valence-electron chi connectivity index (χ1n) is 6.76. The van der Waals surface area contributed by atoms with Crippen molar-refractivity contribution in [2.75, 3.05) is 10.6 Å². The molecule has 21 heavy (non-hydrogen) atoms. The fourth-order valence-electron chi connectivity index (χ4n) is 2.45. The number of hydrogen-bond donors (Lipinski definition) is 1. The topological polar surface area (TPSA) is 76.3 Å². The Balaban J connectivity index is 2.11. The molecule has 0 atom stereocenters. The molecule has 0 saturated heterocycles. The van der Waals surface area contributed by atoms with E-state index in [1.54, 1.807) is 24.4 Å². The van der Waals surface area contributed by atoms with Gasteiger partial charge in [-0.2, -0.15) is 0 Å². The highest BCUT2D eigenvalue weighted by molar-refractivity contribution is 6.34. The van der Waals surface area contributed by atoms with E-state index in [0.29, 0.717) is 16.9 Å². The summed E-state index contributed by atoms with van der Waals surface area (Å²) in [6.45, 7) is 3.87. The largest absolute Gasteiger partial charge is 0.397 e. The van der Waals surface area contributed by atoms with Gasteiger partial charge in [0.1, 0.15) is 5.69 Å². The molecule has 2 heterocycles. The normalized spacial score (nSPS) is 13.7. The number of amides is 2. The van der Waals surface area contributed by atoms with Crippen molar-refractivity contribution in [2.24, 2.45) is 0 Å². The Morgan fingerprint density at radius 3 is 2.62 bits per heavy atom. The molecule has 2 amide bonds. The molecule has 2 aromatic rings. The van der Waals surface area contributed by atoms with Crippen molar-refractivity contribution in [3.63, 3.8) is 0 Å². The lowest BCUT2D eigenvalue weighted by molar-refractivity contribution is 0.0925. The Hall–Kier alpha value is -2.69. The van der Waals surface area contributed by atoms with E-state index in [-0.39, 0.29) is 11.6 Å². The number of nitrogens with zero attached hydrogens (tertiary/aromatic N) is 2. The van der Waals surface area contributed by atoms with Crippen LogP contribution in [0.4, 0.5) is 11.4 Å². The summed E-state index contributed by atoms with van der Waals surface area (Å²) in [5.74, 6) is -0.790. The van der Waals surface area contributed by atoms with Gasteiger partial charge in [0.2, 0.25) is 0 Å². The van der Waals surface area contributed by atoms with Gasteiger partial charge >= 0.3 is 0 Å². The summed E-state index contributed by atoms with van der Waals surface area (Å²) < 4.78 is 0. The lowest BCUT2D eigenvalue weighted by atomic mass is 10.1. The molecule has 1 aromatic carbocycles. The van der Waals surface area contributed by atoms with Gasteiger partial charge in [0.15, 0.2) is 0 Å². The van der Waals surface area contributed by atoms with Crippen LogP contribution in [0.3, 0.4) is 0 Å². The Morgan fingerprint density at radius 1 is 1.19 bits per heavy atom. The van der Waals surface area contributed by atoms with Crippen LogP contribution in [0.2, 0.25) is 0 Å². The Kier molecular flexibility index (Phi) is 2.97. The molecule has 5 nitrogen and oxygen atoms in total. The number of aromatic nitrogens is 1. The molecule has 0 spiro atoms. The summed E-state index contributed by atoms with van der Waals surface area (Å²) in [7, 11) is 0. The number of carbonyl (C=O) groups is 2. The zero-order valence-electron chi connectivity index (χ0n) is 11.9. The molecule has 106 valence electrons. The lowest BCUT2D eigenvalue weighted by Crippen LogP contribution is -2.30. The van der Waals surface area contributed by atoms with E-state index in [9.17, 15) is 9.59 Å². The number of aryl methyl sites for hydroxylation is 2. The summed E-state index contributed by atoms with van der Waals surface area (Å²) in [6.07, 6.45) is 2.39. The maximum atomic E-state index is 12.5. The minimum Gasteiger partial charge on any atom is -0.397 e. The highest BCUT2D eigenvalue weighted by Crippen LogP contribution is 2.32. The number of carbonyl (C=O) groups excluding carboxylic acids is 2.